The van der Waals surface area contributed by atoms with E-state index in [4.69, 9.17) is 15.4 Å². The summed E-state index contributed by atoms with van der Waals surface area (Å²) in [6.45, 7) is 0.367. The number of aromatic nitrogens is 1. The van der Waals surface area contributed by atoms with E-state index in [-0.39, 0.29) is 6.61 Å². The van der Waals surface area contributed by atoms with Gasteiger partial charge in [0, 0.05) is 16.9 Å². The van der Waals surface area contributed by atoms with E-state index in [2.05, 4.69) is 0 Å². The Bertz CT molecular complexity index is 609. The summed E-state index contributed by atoms with van der Waals surface area (Å²) < 4.78 is 64.9. The van der Waals surface area contributed by atoms with Crippen LogP contribution in [0.25, 0.3) is 0 Å². The summed E-state index contributed by atoms with van der Waals surface area (Å²) in [4.78, 5) is 11.1. The number of unbranched alkanes of at least 4 members (excludes halogenated alkanes) is 1. The molecular formula is C11H13ClF3NO4S. The van der Waals surface area contributed by atoms with Crippen LogP contribution in [0, 0.1) is 0 Å². The van der Waals surface area contributed by atoms with Crippen LogP contribution < -0.4 is 0 Å². The molecule has 0 unspecified atom stereocenters. The predicted octanol–water partition coefficient (Wildman–Crippen LogP) is 2.93. The summed E-state index contributed by atoms with van der Waals surface area (Å²) in [5.74, 6) is -1.03. The maximum Gasteiger partial charge on any atom is 0.406 e. The van der Waals surface area contributed by atoms with Gasteiger partial charge in [-0.25, -0.2) is 13.2 Å². The summed E-state index contributed by atoms with van der Waals surface area (Å²) in [7, 11) is 0.830. The molecule has 0 saturated carbocycles. The van der Waals surface area contributed by atoms with Crippen LogP contribution in [0.1, 0.15) is 30.3 Å². The SMILES string of the molecule is CCCCOC(=O)c1cc(S(=O)(=O)Cl)cn1CC(F)(F)F. The lowest BCUT2D eigenvalue weighted by Gasteiger charge is -2.11. The molecule has 0 atom stereocenters. The van der Waals surface area contributed by atoms with Crippen LogP contribution in [0.3, 0.4) is 0 Å². The fraction of sp³-hybridized carbons (Fsp3) is 0.545. The molecule has 0 bridgehead atoms. The summed E-state index contributed by atoms with van der Waals surface area (Å²) in [5.41, 5.74) is -0.511. The van der Waals surface area contributed by atoms with Crippen LogP contribution >= 0.6 is 10.7 Å². The largest absolute Gasteiger partial charge is 0.461 e. The monoisotopic (exact) mass is 347 g/mol. The molecule has 120 valence electrons. The number of carbonyl (C=O) groups is 1. The Morgan fingerprint density at radius 1 is 1.43 bits per heavy atom. The third-order valence-electron chi connectivity index (χ3n) is 2.44. The predicted molar refractivity (Wildman–Crippen MR) is 68.7 cm³/mol. The Hall–Kier alpha value is -1.22. The van der Waals surface area contributed by atoms with E-state index in [1.54, 1.807) is 0 Å². The smallest absolute Gasteiger partial charge is 0.406 e. The lowest BCUT2D eigenvalue weighted by atomic mass is 10.3. The third-order valence-corrected chi connectivity index (χ3v) is 3.76. The molecule has 0 aliphatic carbocycles. The van der Waals surface area contributed by atoms with E-state index < -0.39 is 38.3 Å². The fourth-order valence-corrected chi connectivity index (χ4v) is 2.25. The first kappa shape index (κ1) is 17.8. The first-order valence-corrected chi connectivity index (χ1v) is 8.24. The molecule has 0 aromatic carbocycles. The molecule has 0 saturated heterocycles. The van der Waals surface area contributed by atoms with Crippen molar-refractivity contribution in [2.45, 2.75) is 37.4 Å². The highest BCUT2D eigenvalue weighted by molar-refractivity contribution is 8.13. The molecule has 21 heavy (non-hydrogen) atoms. The highest BCUT2D eigenvalue weighted by atomic mass is 35.7. The molecule has 10 heteroatoms. The Morgan fingerprint density at radius 2 is 2.05 bits per heavy atom. The van der Waals surface area contributed by atoms with Gasteiger partial charge in [0.25, 0.3) is 9.05 Å². The van der Waals surface area contributed by atoms with Crippen LogP contribution in [0.5, 0.6) is 0 Å². The first-order valence-electron chi connectivity index (χ1n) is 5.93. The van der Waals surface area contributed by atoms with Crippen molar-refractivity contribution in [1.82, 2.24) is 4.57 Å². The average Bonchev–Trinajstić information content (AvgIpc) is 2.70. The van der Waals surface area contributed by atoms with Gasteiger partial charge in [0.15, 0.2) is 0 Å². The lowest BCUT2D eigenvalue weighted by Crippen LogP contribution is -2.21. The van der Waals surface area contributed by atoms with E-state index in [0.29, 0.717) is 17.2 Å². The van der Waals surface area contributed by atoms with Crippen molar-refractivity contribution in [3.05, 3.63) is 18.0 Å². The second-order valence-electron chi connectivity index (χ2n) is 4.23. The molecule has 1 rings (SSSR count). The van der Waals surface area contributed by atoms with Crippen LogP contribution in [-0.2, 0) is 20.3 Å². The van der Waals surface area contributed by atoms with Crippen molar-refractivity contribution < 1.29 is 31.1 Å². The highest BCUT2D eigenvalue weighted by Crippen LogP contribution is 2.24. The van der Waals surface area contributed by atoms with Crippen molar-refractivity contribution >= 4 is 25.7 Å². The minimum Gasteiger partial charge on any atom is -0.461 e. The summed E-state index contributed by atoms with van der Waals surface area (Å²) >= 11 is 0. The zero-order chi connectivity index (χ0) is 16.3. The lowest BCUT2D eigenvalue weighted by molar-refractivity contribution is -0.140. The quantitative estimate of drug-likeness (QED) is 0.451. The molecule has 1 heterocycles. The zero-order valence-electron chi connectivity index (χ0n) is 11.0. The topological polar surface area (TPSA) is 65.4 Å². The van der Waals surface area contributed by atoms with E-state index >= 15 is 0 Å². The molecule has 1 aromatic rings. The maximum atomic E-state index is 12.4. The van der Waals surface area contributed by atoms with E-state index in [0.717, 1.165) is 12.5 Å². The number of hydrogen-bond donors (Lipinski definition) is 0. The van der Waals surface area contributed by atoms with Gasteiger partial charge in [-0.15, -0.1) is 0 Å². The molecule has 0 radical (unpaired) electrons. The molecule has 0 spiro atoms. The molecular weight excluding hydrogens is 335 g/mol. The minimum atomic E-state index is -4.62. The Kier molecular flexibility index (Phi) is 5.68. The number of hydrogen-bond acceptors (Lipinski definition) is 4. The van der Waals surface area contributed by atoms with Gasteiger partial charge < -0.3 is 9.30 Å². The van der Waals surface area contributed by atoms with Crippen molar-refractivity contribution in [2.75, 3.05) is 6.61 Å². The second kappa shape index (κ2) is 6.69. The molecule has 0 fully saturated rings. The van der Waals surface area contributed by atoms with Crippen LogP contribution in [0.15, 0.2) is 17.2 Å². The zero-order valence-corrected chi connectivity index (χ0v) is 12.6. The van der Waals surface area contributed by atoms with Gasteiger partial charge in [0.1, 0.15) is 17.1 Å². The number of carbonyl (C=O) groups excluding carboxylic acids is 1. The number of esters is 1. The van der Waals surface area contributed by atoms with Gasteiger partial charge in [-0.3, -0.25) is 0 Å². The highest BCUT2D eigenvalue weighted by Gasteiger charge is 2.31. The van der Waals surface area contributed by atoms with Gasteiger partial charge in [-0.1, -0.05) is 13.3 Å². The van der Waals surface area contributed by atoms with Gasteiger partial charge >= 0.3 is 12.1 Å². The van der Waals surface area contributed by atoms with E-state index in [1.165, 1.54) is 0 Å². The second-order valence-corrected chi connectivity index (χ2v) is 6.80. The molecule has 1 aromatic heterocycles. The van der Waals surface area contributed by atoms with Crippen molar-refractivity contribution in [2.24, 2.45) is 0 Å². The summed E-state index contributed by atoms with van der Waals surface area (Å²) in [6.07, 6.45) is -2.68. The number of nitrogens with zero attached hydrogens (tertiary/aromatic N) is 1. The minimum absolute atomic E-state index is 0.0372. The van der Waals surface area contributed by atoms with Crippen molar-refractivity contribution in [1.29, 1.82) is 0 Å². The van der Waals surface area contributed by atoms with Crippen molar-refractivity contribution in [3.8, 4) is 0 Å². The Balaban J connectivity index is 3.09. The van der Waals surface area contributed by atoms with E-state index in [9.17, 15) is 26.4 Å². The third kappa shape index (κ3) is 5.58. The van der Waals surface area contributed by atoms with Crippen LogP contribution in [-0.4, -0.2) is 31.7 Å². The van der Waals surface area contributed by atoms with Crippen molar-refractivity contribution in [3.63, 3.8) is 0 Å². The summed E-state index contributed by atoms with van der Waals surface area (Å²) in [6, 6.07) is 0.766. The van der Waals surface area contributed by atoms with Crippen LogP contribution in [0.4, 0.5) is 13.2 Å². The number of halogens is 4. The van der Waals surface area contributed by atoms with Gasteiger partial charge in [-0.2, -0.15) is 13.2 Å². The average molecular weight is 348 g/mol. The first-order chi connectivity index (χ1) is 9.54. The molecule has 0 N–H and O–H groups in total. The van der Waals surface area contributed by atoms with Gasteiger partial charge in [-0.05, 0) is 12.5 Å². The molecule has 5 nitrogen and oxygen atoms in total. The standard InChI is InChI=1S/C11H13ClF3NO4S/c1-2-3-4-20-10(17)9-5-8(21(12,18)19)6-16(9)7-11(13,14)15/h5-6H,2-4,7H2,1H3. The Labute approximate surface area is 124 Å². The number of alkyl halides is 3. The molecule has 0 aliphatic rings. The number of rotatable bonds is 6. The molecule has 0 amide bonds. The Morgan fingerprint density at radius 3 is 2.52 bits per heavy atom. The normalized spacial score (nSPS) is 12.4. The van der Waals surface area contributed by atoms with Gasteiger partial charge in [0.2, 0.25) is 0 Å². The van der Waals surface area contributed by atoms with Gasteiger partial charge in [0.05, 0.1) is 6.61 Å². The molecule has 0 aliphatic heterocycles. The van der Waals surface area contributed by atoms with E-state index in [1.807, 2.05) is 6.92 Å². The fourth-order valence-electron chi connectivity index (χ4n) is 1.49. The summed E-state index contributed by atoms with van der Waals surface area (Å²) in [5, 5.41) is 0. The van der Waals surface area contributed by atoms with Crippen LogP contribution in [0.2, 0.25) is 0 Å². The number of ether oxygens (including phenoxy) is 1. The maximum absolute atomic E-state index is 12.4.